The minimum atomic E-state index is -4.27. The van der Waals surface area contributed by atoms with Crippen molar-refractivity contribution >= 4 is 39.3 Å². The fraction of sp³-hybridized carbons (Fsp3) is 0.652. The second-order valence-electron chi connectivity index (χ2n) is 17.9. The smallest absolute Gasteiger partial charge is 0.264 e. The number of carbonyl (C=O) groups is 4. The number of amides is 4. The van der Waals surface area contributed by atoms with Gasteiger partial charge in [0.2, 0.25) is 17.7 Å². The van der Waals surface area contributed by atoms with Crippen molar-refractivity contribution < 1.29 is 42.2 Å². The number of hydrogen-bond acceptors (Lipinski definition) is 12. The molecule has 1 aliphatic rings. The van der Waals surface area contributed by atoms with Gasteiger partial charge in [-0.3, -0.25) is 29.4 Å². The number of aliphatic hydroxyl groups excluding tert-OH is 1. The topological polar surface area (TPSA) is 213 Å². The van der Waals surface area contributed by atoms with Gasteiger partial charge in [0.25, 0.3) is 15.9 Å². The van der Waals surface area contributed by atoms with E-state index in [2.05, 4.69) is 15.4 Å². The van der Waals surface area contributed by atoms with Crippen LogP contribution in [0, 0.1) is 23.7 Å². The van der Waals surface area contributed by atoms with Gasteiger partial charge < -0.3 is 35.4 Å². The molecule has 1 aliphatic heterocycles. The molecule has 1 saturated heterocycles. The van der Waals surface area contributed by atoms with E-state index in [0.29, 0.717) is 31.5 Å². The number of rotatable bonds is 24. The molecule has 4 amide bonds. The monoisotopic (exact) mass is 902 g/mol. The van der Waals surface area contributed by atoms with E-state index in [0.717, 1.165) is 5.56 Å². The Morgan fingerprint density at radius 1 is 0.905 bits per heavy atom. The summed E-state index contributed by atoms with van der Waals surface area (Å²) in [6.07, 6.45) is -0.770. The maximum absolute atomic E-state index is 14.4. The summed E-state index contributed by atoms with van der Waals surface area (Å²) >= 11 is 0. The highest BCUT2D eigenvalue weighted by Crippen LogP contribution is 2.30. The molecule has 10 atom stereocenters. The third-order valence-electron chi connectivity index (χ3n) is 12.5. The lowest BCUT2D eigenvalue weighted by molar-refractivity contribution is -0.147. The van der Waals surface area contributed by atoms with E-state index in [9.17, 15) is 32.7 Å². The van der Waals surface area contributed by atoms with Gasteiger partial charge in [-0.15, -0.1) is 0 Å². The second kappa shape index (κ2) is 24.2. The minimum Gasteiger partial charge on any atom is -0.399 e. The van der Waals surface area contributed by atoms with Crippen LogP contribution in [-0.4, -0.2) is 142 Å². The number of hydrogen-bond donors (Lipinski definition) is 5. The third-order valence-corrected chi connectivity index (χ3v) is 13.8. The highest BCUT2D eigenvalue weighted by Gasteiger charge is 2.43. The molecule has 0 bridgehead atoms. The van der Waals surface area contributed by atoms with Crippen molar-refractivity contribution in [1.82, 2.24) is 30.1 Å². The lowest BCUT2D eigenvalue weighted by atomic mass is 9.89. The molecule has 0 saturated carbocycles. The molecule has 2 aromatic rings. The molecule has 0 radical (unpaired) electrons. The predicted molar refractivity (Wildman–Crippen MR) is 244 cm³/mol. The number of anilines is 1. The number of methoxy groups -OCH3 is 2. The van der Waals surface area contributed by atoms with Gasteiger partial charge in [-0.05, 0) is 80.9 Å². The largest absolute Gasteiger partial charge is 0.399 e. The van der Waals surface area contributed by atoms with Gasteiger partial charge in [0.1, 0.15) is 12.3 Å². The Bertz CT molecular complexity index is 1880. The van der Waals surface area contributed by atoms with E-state index < -0.39 is 70.5 Å². The van der Waals surface area contributed by atoms with Crippen LogP contribution >= 0.6 is 0 Å². The molecule has 0 aromatic heterocycles. The van der Waals surface area contributed by atoms with E-state index in [1.54, 1.807) is 48.0 Å². The summed E-state index contributed by atoms with van der Waals surface area (Å²) in [5.41, 5.74) is 6.83. The maximum atomic E-state index is 14.4. The zero-order chi connectivity index (χ0) is 47.3. The second-order valence-corrected chi connectivity index (χ2v) is 19.6. The van der Waals surface area contributed by atoms with E-state index in [-0.39, 0.29) is 53.2 Å². The molecule has 16 nitrogen and oxygen atoms in total. The summed E-state index contributed by atoms with van der Waals surface area (Å²) in [6.45, 7) is 13.9. The molecule has 1 heterocycles. The van der Waals surface area contributed by atoms with Crippen LogP contribution in [0.4, 0.5) is 5.69 Å². The molecule has 6 N–H and O–H groups in total. The van der Waals surface area contributed by atoms with Gasteiger partial charge >= 0.3 is 0 Å². The van der Waals surface area contributed by atoms with Crippen LogP contribution < -0.4 is 21.1 Å². The summed E-state index contributed by atoms with van der Waals surface area (Å²) in [5.74, 6) is -2.53. The quantitative estimate of drug-likeness (QED) is 0.0760. The van der Waals surface area contributed by atoms with Gasteiger partial charge in [-0.2, -0.15) is 0 Å². The van der Waals surface area contributed by atoms with Gasteiger partial charge in [-0.25, -0.2) is 13.1 Å². The first kappa shape index (κ1) is 53.2. The van der Waals surface area contributed by atoms with E-state index in [4.69, 9.17) is 15.2 Å². The SMILES string of the molecule is CCC(C)[C@@H]([C@@H](CC(=O)N1CCC[C@H]1[C@H](OC)[C@@H](C)C(O)N[C@@H](Cc1ccccc1)C(=O)NS(=O)(=O)c1ccc(N)cc1)OC)N(C)C(=O)[C@@H](NC(=O)[C@H](C(C)C)N(C)C)C(C)C. The number of likely N-dealkylation sites (tertiary alicyclic amines) is 1. The molecule has 1 fully saturated rings. The lowest BCUT2D eigenvalue weighted by Gasteiger charge is -2.41. The Morgan fingerprint density at radius 3 is 2.05 bits per heavy atom. The first-order valence-corrected chi connectivity index (χ1v) is 23.6. The highest BCUT2D eigenvalue weighted by atomic mass is 32.2. The molecule has 17 heteroatoms. The Kier molecular flexibility index (Phi) is 20.5. The normalized spacial score (nSPS) is 18.9. The number of nitrogens with zero attached hydrogens (tertiary/aromatic N) is 3. The average molecular weight is 902 g/mol. The van der Waals surface area contributed by atoms with Crippen molar-refractivity contribution in [2.45, 2.75) is 134 Å². The molecule has 2 aromatic carbocycles. The number of aliphatic hydroxyl groups is 1. The zero-order valence-corrected chi connectivity index (χ0v) is 40.2. The number of carbonyl (C=O) groups excluding carboxylic acids is 4. The summed E-state index contributed by atoms with van der Waals surface area (Å²) in [5, 5.41) is 17.7. The lowest BCUT2D eigenvalue weighted by Crippen LogP contribution is -2.60. The molecule has 0 aliphatic carbocycles. The van der Waals surface area contributed by atoms with Crippen molar-refractivity contribution in [2.24, 2.45) is 23.7 Å². The number of nitrogen functional groups attached to an aromatic ring is 1. The number of nitrogens with one attached hydrogen (secondary N) is 3. The van der Waals surface area contributed by atoms with Crippen molar-refractivity contribution in [3.05, 3.63) is 60.2 Å². The van der Waals surface area contributed by atoms with E-state index in [1.165, 1.54) is 38.5 Å². The first-order chi connectivity index (χ1) is 29.6. The van der Waals surface area contributed by atoms with Gasteiger partial charge in [-0.1, -0.05) is 85.2 Å². The molecule has 3 rings (SSSR count). The molecule has 354 valence electrons. The third kappa shape index (κ3) is 14.2. The predicted octanol–water partition coefficient (Wildman–Crippen LogP) is 3.24. The fourth-order valence-corrected chi connectivity index (χ4v) is 9.83. The van der Waals surface area contributed by atoms with Crippen LogP contribution in [0.3, 0.4) is 0 Å². The Hall–Kier alpha value is -4.13. The molecular weight excluding hydrogens is 827 g/mol. The van der Waals surface area contributed by atoms with Crippen LogP contribution in [0.1, 0.15) is 79.7 Å². The highest BCUT2D eigenvalue weighted by molar-refractivity contribution is 7.90. The summed E-state index contributed by atoms with van der Waals surface area (Å²) in [6, 6.07) is 11.1. The Morgan fingerprint density at radius 2 is 1.52 bits per heavy atom. The van der Waals surface area contributed by atoms with Crippen molar-refractivity contribution in [2.75, 3.05) is 47.6 Å². The molecule has 2 unspecified atom stereocenters. The number of ether oxygens (including phenoxy) is 2. The number of likely N-dealkylation sites (N-methyl/N-ethyl adjacent to an activating group) is 2. The van der Waals surface area contributed by atoms with Crippen molar-refractivity contribution in [3.63, 3.8) is 0 Å². The van der Waals surface area contributed by atoms with Crippen LogP contribution in [0.25, 0.3) is 0 Å². The number of nitrogens with two attached hydrogens (primary N) is 1. The van der Waals surface area contributed by atoms with Gasteiger partial charge in [0, 0.05) is 39.4 Å². The van der Waals surface area contributed by atoms with Crippen LogP contribution in [-0.2, 0) is 45.1 Å². The van der Waals surface area contributed by atoms with E-state index in [1.807, 2.05) is 66.6 Å². The van der Waals surface area contributed by atoms with Crippen LogP contribution in [0.15, 0.2) is 59.5 Å². The van der Waals surface area contributed by atoms with Crippen LogP contribution in [0.2, 0.25) is 0 Å². The minimum absolute atomic E-state index is 0.0164. The van der Waals surface area contributed by atoms with Gasteiger partial charge in [0.05, 0.1) is 47.7 Å². The molecule has 63 heavy (non-hydrogen) atoms. The summed E-state index contributed by atoms with van der Waals surface area (Å²) in [4.78, 5) is 61.0. The maximum Gasteiger partial charge on any atom is 0.264 e. The van der Waals surface area contributed by atoms with E-state index >= 15 is 0 Å². The molecular formula is C46H75N7O9S. The number of benzene rings is 2. The standard InChI is InChI=1S/C46H75N7O9S/c1-13-30(6)41(52(10)46(58)39(28(2)3)49-45(57)40(29(4)5)51(8)9)37(61-11)27-38(54)53-25-17-20-36(53)42(62-12)31(7)43(55)48-35(26-32-18-15-14-16-19-32)44(56)50-63(59,60)34-23-21-33(47)22-24-34/h14-16,18-19,21-24,28-31,35-37,39-43,48,55H,13,17,20,25-27,47H2,1-12H3,(H,49,57)(H,50,56)/t30?,31-,35+,36+,37-,39+,40+,41+,42-,43?/m1/s1. The Labute approximate surface area is 376 Å². The van der Waals surface area contributed by atoms with Crippen molar-refractivity contribution in [1.29, 1.82) is 0 Å². The average Bonchev–Trinajstić information content (AvgIpc) is 3.71. The molecule has 0 spiro atoms. The fourth-order valence-electron chi connectivity index (χ4n) is 8.81. The zero-order valence-electron chi connectivity index (χ0n) is 39.4. The van der Waals surface area contributed by atoms with Crippen molar-refractivity contribution in [3.8, 4) is 0 Å². The Balaban J connectivity index is 1.83. The summed E-state index contributed by atoms with van der Waals surface area (Å²) in [7, 11) is 4.15. The first-order valence-electron chi connectivity index (χ1n) is 22.1. The van der Waals surface area contributed by atoms with Crippen LogP contribution in [0.5, 0.6) is 0 Å². The van der Waals surface area contributed by atoms with Gasteiger partial charge in [0.15, 0.2) is 0 Å². The summed E-state index contributed by atoms with van der Waals surface area (Å²) < 4.78 is 40.6. The number of sulfonamides is 1.